The summed E-state index contributed by atoms with van der Waals surface area (Å²) < 4.78 is 14.3. The Morgan fingerprint density at radius 1 is 1.73 bits per heavy atom. The zero-order valence-electron chi connectivity index (χ0n) is 5.73. The fourth-order valence-corrected chi connectivity index (χ4v) is 1.64. The molecule has 0 spiro atoms. The number of halogens is 3. The third-order valence-corrected chi connectivity index (χ3v) is 2.07. The number of aryl methyl sites for hydroxylation is 1. The SMILES string of the molecule is FCCn1nc(I)cc1CCl. The predicted octanol–water partition coefficient (Wildman–Crippen LogP) is 2.20. The Bertz CT molecular complexity index is 238. The number of hydrogen-bond acceptors (Lipinski definition) is 1. The molecule has 0 aromatic carbocycles. The first-order valence-corrected chi connectivity index (χ1v) is 4.73. The van der Waals surface area contributed by atoms with E-state index in [1.165, 1.54) is 0 Å². The molecule has 5 heteroatoms. The van der Waals surface area contributed by atoms with Crippen LogP contribution in [0.25, 0.3) is 0 Å². The average molecular weight is 288 g/mol. The van der Waals surface area contributed by atoms with Crippen LogP contribution in [0.5, 0.6) is 0 Å². The minimum absolute atomic E-state index is 0.297. The molecule has 0 aliphatic heterocycles. The number of nitrogens with zero attached hydrogens (tertiary/aromatic N) is 2. The molecule has 62 valence electrons. The largest absolute Gasteiger partial charge is 0.265 e. The summed E-state index contributed by atoms with van der Waals surface area (Å²) in [5.74, 6) is 0.385. The van der Waals surface area contributed by atoms with Crippen molar-refractivity contribution in [3.05, 3.63) is 15.5 Å². The standard InChI is InChI=1S/C6H7ClFIN2/c7-4-5-3-6(9)10-11(5)2-1-8/h3H,1-2,4H2. The lowest BCUT2D eigenvalue weighted by atomic mass is 10.5. The van der Waals surface area contributed by atoms with Crippen molar-refractivity contribution in [2.24, 2.45) is 0 Å². The van der Waals surface area contributed by atoms with E-state index in [2.05, 4.69) is 27.7 Å². The van der Waals surface area contributed by atoms with E-state index in [0.29, 0.717) is 12.4 Å². The van der Waals surface area contributed by atoms with Gasteiger partial charge in [-0.25, -0.2) is 4.39 Å². The summed E-state index contributed by atoms with van der Waals surface area (Å²) in [5, 5.41) is 4.05. The number of alkyl halides is 2. The summed E-state index contributed by atoms with van der Waals surface area (Å²) in [5.41, 5.74) is 0.869. The molecule has 0 amide bonds. The van der Waals surface area contributed by atoms with Gasteiger partial charge in [-0.3, -0.25) is 4.68 Å². The Balaban J connectivity index is 2.83. The van der Waals surface area contributed by atoms with Gasteiger partial charge in [0.2, 0.25) is 0 Å². The highest BCUT2D eigenvalue weighted by Gasteiger charge is 2.03. The molecule has 0 unspecified atom stereocenters. The van der Waals surface area contributed by atoms with E-state index in [9.17, 15) is 4.39 Å². The first-order chi connectivity index (χ1) is 5.27. The first kappa shape index (κ1) is 9.25. The minimum atomic E-state index is -0.401. The molecule has 1 heterocycles. The fraction of sp³-hybridized carbons (Fsp3) is 0.500. The lowest BCUT2D eigenvalue weighted by Gasteiger charge is -1.99. The van der Waals surface area contributed by atoms with Crippen molar-refractivity contribution in [1.29, 1.82) is 0 Å². The van der Waals surface area contributed by atoms with Gasteiger partial charge in [-0.2, -0.15) is 5.10 Å². The molecule has 0 atom stereocenters. The summed E-state index contributed by atoms with van der Waals surface area (Å²) in [6.45, 7) is -0.104. The van der Waals surface area contributed by atoms with Crippen LogP contribution in [0.15, 0.2) is 6.07 Å². The third-order valence-electron chi connectivity index (χ3n) is 1.27. The second-order valence-corrected chi connectivity index (χ2v) is 3.38. The van der Waals surface area contributed by atoms with Gasteiger partial charge in [0, 0.05) is 0 Å². The Labute approximate surface area is 82.9 Å². The highest BCUT2D eigenvalue weighted by Crippen LogP contribution is 2.09. The fourth-order valence-electron chi connectivity index (χ4n) is 0.802. The van der Waals surface area contributed by atoms with Gasteiger partial charge in [0.05, 0.1) is 18.1 Å². The maximum absolute atomic E-state index is 11.9. The van der Waals surface area contributed by atoms with Crippen molar-refractivity contribution in [2.45, 2.75) is 12.4 Å². The smallest absolute Gasteiger partial charge is 0.123 e. The molecule has 1 rings (SSSR count). The van der Waals surface area contributed by atoms with E-state index in [1.807, 2.05) is 6.07 Å². The van der Waals surface area contributed by atoms with Gasteiger partial charge in [0.15, 0.2) is 0 Å². The van der Waals surface area contributed by atoms with Gasteiger partial charge in [0.1, 0.15) is 10.4 Å². The van der Waals surface area contributed by atoms with E-state index in [0.717, 1.165) is 9.39 Å². The predicted molar refractivity (Wildman–Crippen MR) is 50.5 cm³/mol. The number of rotatable bonds is 3. The van der Waals surface area contributed by atoms with E-state index < -0.39 is 6.67 Å². The monoisotopic (exact) mass is 288 g/mol. The molecule has 11 heavy (non-hydrogen) atoms. The zero-order chi connectivity index (χ0) is 8.27. The molecular weight excluding hydrogens is 281 g/mol. The molecule has 0 aliphatic rings. The Kier molecular flexibility index (Phi) is 3.58. The van der Waals surface area contributed by atoms with Crippen LogP contribution in [0.2, 0.25) is 0 Å². The molecule has 0 bridgehead atoms. The van der Waals surface area contributed by atoms with Gasteiger partial charge in [-0.1, -0.05) is 0 Å². The second kappa shape index (κ2) is 4.25. The third kappa shape index (κ3) is 2.30. The summed E-state index contributed by atoms with van der Waals surface area (Å²) in [7, 11) is 0. The Morgan fingerprint density at radius 2 is 2.45 bits per heavy atom. The zero-order valence-corrected chi connectivity index (χ0v) is 8.64. The van der Waals surface area contributed by atoms with Crippen LogP contribution < -0.4 is 0 Å². The maximum Gasteiger partial charge on any atom is 0.123 e. The van der Waals surface area contributed by atoms with Gasteiger partial charge in [0.25, 0.3) is 0 Å². The molecule has 0 saturated heterocycles. The van der Waals surface area contributed by atoms with Crippen LogP contribution >= 0.6 is 34.2 Å². The molecular formula is C6H7ClFIN2. The van der Waals surface area contributed by atoms with Gasteiger partial charge in [-0.05, 0) is 28.7 Å². The Morgan fingerprint density at radius 3 is 3.00 bits per heavy atom. The summed E-state index contributed by atoms with van der Waals surface area (Å²) in [4.78, 5) is 0. The molecule has 0 aliphatic carbocycles. The van der Waals surface area contributed by atoms with E-state index in [-0.39, 0.29) is 0 Å². The molecule has 0 N–H and O–H groups in total. The number of hydrogen-bond donors (Lipinski definition) is 0. The normalized spacial score (nSPS) is 10.5. The van der Waals surface area contributed by atoms with E-state index >= 15 is 0 Å². The first-order valence-electron chi connectivity index (χ1n) is 3.12. The van der Waals surface area contributed by atoms with Crippen LogP contribution in [0.3, 0.4) is 0 Å². The minimum Gasteiger partial charge on any atom is -0.265 e. The van der Waals surface area contributed by atoms with Crippen molar-refractivity contribution >= 4 is 34.2 Å². The lowest BCUT2D eigenvalue weighted by molar-refractivity contribution is 0.421. The highest BCUT2D eigenvalue weighted by molar-refractivity contribution is 14.1. The van der Waals surface area contributed by atoms with Crippen LogP contribution in [-0.2, 0) is 12.4 Å². The summed E-state index contributed by atoms with van der Waals surface area (Å²) in [6.07, 6.45) is 0. The molecule has 1 aromatic heterocycles. The van der Waals surface area contributed by atoms with Crippen LogP contribution in [0.1, 0.15) is 5.69 Å². The molecule has 1 aromatic rings. The quantitative estimate of drug-likeness (QED) is 0.616. The van der Waals surface area contributed by atoms with Crippen LogP contribution in [0, 0.1) is 3.70 Å². The van der Waals surface area contributed by atoms with E-state index in [4.69, 9.17) is 11.6 Å². The van der Waals surface area contributed by atoms with Crippen molar-refractivity contribution in [3.63, 3.8) is 0 Å². The topological polar surface area (TPSA) is 17.8 Å². The second-order valence-electron chi connectivity index (χ2n) is 2.00. The summed E-state index contributed by atoms with van der Waals surface area (Å²) in [6, 6.07) is 1.85. The maximum atomic E-state index is 11.9. The van der Waals surface area contributed by atoms with Crippen molar-refractivity contribution < 1.29 is 4.39 Å². The van der Waals surface area contributed by atoms with Crippen molar-refractivity contribution in [2.75, 3.05) is 6.67 Å². The van der Waals surface area contributed by atoms with Gasteiger partial charge >= 0.3 is 0 Å². The molecule has 0 saturated carbocycles. The van der Waals surface area contributed by atoms with Crippen molar-refractivity contribution in [3.8, 4) is 0 Å². The highest BCUT2D eigenvalue weighted by atomic mass is 127. The molecule has 0 fully saturated rings. The summed E-state index contributed by atoms with van der Waals surface area (Å²) >= 11 is 7.67. The van der Waals surface area contributed by atoms with Crippen LogP contribution in [-0.4, -0.2) is 16.5 Å². The molecule has 2 nitrogen and oxygen atoms in total. The average Bonchev–Trinajstić information content (AvgIpc) is 2.32. The van der Waals surface area contributed by atoms with E-state index in [1.54, 1.807) is 4.68 Å². The van der Waals surface area contributed by atoms with Crippen molar-refractivity contribution in [1.82, 2.24) is 9.78 Å². The lowest BCUT2D eigenvalue weighted by Crippen LogP contribution is -2.05. The Hall–Kier alpha value is 0.160. The van der Waals surface area contributed by atoms with Crippen LogP contribution in [0.4, 0.5) is 4.39 Å². The van der Waals surface area contributed by atoms with Gasteiger partial charge < -0.3 is 0 Å². The molecule has 0 radical (unpaired) electrons. The number of aromatic nitrogens is 2. The van der Waals surface area contributed by atoms with Gasteiger partial charge in [-0.15, -0.1) is 11.6 Å².